The van der Waals surface area contributed by atoms with Crippen molar-refractivity contribution in [2.75, 3.05) is 4.72 Å². The lowest BCUT2D eigenvalue weighted by atomic mass is 10.2. The number of hydrogen-bond acceptors (Lipinski definition) is 5. The van der Waals surface area contributed by atoms with Crippen LogP contribution in [-0.2, 0) is 23.1 Å². The fourth-order valence-corrected chi connectivity index (χ4v) is 4.09. The van der Waals surface area contributed by atoms with Crippen LogP contribution >= 0.6 is 11.3 Å². The second-order valence-corrected chi connectivity index (χ2v) is 7.26. The molecule has 1 aromatic carbocycles. The van der Waals surface area contributed by atoms with E-state index >= 15 is 0 Å². The minimum Gasteiger partial charge on any atom is -0.392 e. The summed E-state index contributed by atoms with van der Waals surface area (Å²) in [7, 11) is -4.08. The largest absolute Gasteiger partial charge is 0.392 e. The molecular formula is C13H15FN2O3S2. The van der Waals surface area contributed by atoms with E-state index in [4.69, 9.17) is 5.11 Å². The van der Waals surface area contributed by atoms with E-state index in [2.05, 4.69) is 9.71 Å². The smallest absolute Gasteiger partial charge is 0.266 e. The third-order valence-corrected chi connectivity index (χ3v) is 5.33. The number of benzene rings is 1. The molecule has 1 aromatic heterocycles. The number of aliphatic hydroxyl groups is 1. The maximum atomic E-state index is 13.7. The highest BCUT2D eigenvalue weighted by Gasteiger charge is 2.21. The lowest BCUT2D eigenvalue weighted by Crippen LogP contribution is -2.15. The van der Waals surface area contributed by atoms with E-state index in [0.717, 1.165) is 22.7 Å². The minimum atomic E-state index is -4.08. The first-order valence-electron chi connectivity index (χ1n) is 6.25. The predicted molar refractivity (Wildman–Crippen MR) is 79.4 cm³/mol. The van der Waals surface area contributed by atoms with E-state index in [1.165, 1.54) is 17.4 Å². The summed E-state index contributed by atoms with van der Waals surface area (Å²) in [6, 6.07) is 3.46. The molecule has 5 nitrogen and oxygen atoms in total. The number of aliphatic hydroxyl groups excluding tert-OH is 1. The number of hydrogen-bond donors (Lipinski definition) is 2. The van der Waals surface area contributed by atoms with E-state index in [-0.39, 0.29) is 11.7 Å². The topological polar surface area (TPSA) is 79.3 Å². The molecule has 8 heteroatoms. The standard InChI is InChI=1S/C13H15FN2O3S2/c1-3-11-8(2)20-13(15-11)16-21(18,19)12-6-9(7-17)4-5-10(12)14/h4-6,17H,3,7H2,1-2H3,(H,15,16). The van der Waals surface area contributed by atoms with Gasteiger partial charge in [-0.3, -0.25) is 4.72 Å². The number of aromatic nitrogens is 1. The molecule has 2 aromatic rings. The predicted octanol–water partition coefficient (Wildman–Crippen LogP) is 2.45. The SMILES string of the molecule is CCc1nc(NS(=O)(=O)c2cc(CO)ccc2F)sc1C. The molecule has 0 radical (unpaired) electrons. The molecule has 0 aliphatic heterocycles. The molecule has 2 rings (SSSR count). The van der Waals surface area contributed by atoms with Gasteiger partial charge in [-0.15, -0.1) is 11.3 Å². The minimum absolute atomic E-state index is 0.207. The molecule has 0 aliphatic carbocycles. The Morgan fingerprint density at radius 1 is 1.43 bits per heavy atom. The van der Waals surface area contributed by atoms with Crippen molar-refractivity contribution in [3.05, 3.63) is 40.2 Å². The monoisotopic (exact) mass is 330 g/mol. The molecule has 0 aliphatic rings. The lowest BCUT2D eigenvalue weighted by molar-refractivity contribution is 0.281. The highest BCUT2D eigenvalue weighted by molar-refractivity contribution is 7.93. The van der Waals surface area contributed by atoms with Crippen molar-refractivity contribution in [2.45, 2.75) is 31.8 Å². The van der Waals surface area contributed by atoms with E-state index < -0.39 is 20.7 Å². The average molecular weight is 330 g/mol. The maximum Gasteiger partial charge on any atom is 0.266 e. The molecule has 0 fully saturated rings. The van der Waals surface area contributed by atoms with Crippen molar-refractivity contribution in [3.8, 4) is 0 Å². The average Bonchev–Trinajstić information content (AvgIpc) is 2.78. The molecule has 0 saturated carbocycles. The normalized spacial score (nSPS) is 11.6. The quantitative estimate of drug-likeness (QED) is 0.882. The summed E-state index contributed by atoms with van der Waals surface area (Å²) >= 11 is 1.20. The van der Waals surface area contributed by atoms with Gasteiger partial charge in [0.1, 0.15) is 10.7 Å². The van der Waals surface area contributed by atoms with E-state index in [9.17, 15) is 12.8 Å². The van der Waals surface area contributed by atoms with Crippen LogP contribution in [0.1, 0.15) is 23.1 Å². The van der Waals surface area contributed by atoms with Crippen LogP contribution in [0.4, 0.5) is 9.52 Å². The number of anilines is 1. The van der Waals surface area contributed by atoms with Crippen LogP contribution < -0.4 is 4.72 Å². The van der Waals surface area contributed by atoms with Crippen molar-refractivity contribution in [1.29, 1.82) is 0 Å². The zero-order chi connectivity index (χ0) is 15.6. The molecule has 0 spiro atoms. The van der Waals surface area contributed by atoms with Crippen LogP contribution in [-0.4, -0.2) is 18.5 Å². The van der Waals surface area contributed by atoms with Gasteiger partial charge in [-0.1, -0.05) is 13.0 Å². The Morgan fingerprint density at radius 2 is 2.14 bits per heavy atom. The summed E-state index contributed by atoms with van der Waals surface area (Å²) < 4.78 is 40.5. The number of rotatable bonds is 5. The summed E-state index contributed by atoms with van der Waals surface area (Å²) in [4.78, 5) is 4.58. The first kappa shape index (κ1) is 15.9. The van der Waals surface area contributed by atoms with Gasteiger partial charge in [-0.05, 0) is 31.0 Å². The summed E-state index contributed by atoms with van der Waals surface area (Å²) in [6.45, 7) is 3.41. The number of halogens is 1. The Morgan fingerprint density at radius 3 is 2.71 bits per heavy atom. The Kier molecular flexibility index (Phi) is 4.60. The van der Waals surface area contributed by atoms with Gasteiger partial charge in [0.2, 0.25) is 0 Å². The van der Waals surface area contributed by atoms with Crippen molar-refractivity contribution in [3.63, 3.8) is 0 Å². The van der Waals surface area contributed by atoms with E-state index in [1.54, 1.807) is 0 Å². The molecule has 0 atom stereocenters. The molecule has 0 bridgehead atoms. The zero-order valence-corrected chi connectivity index (χ0v) is 13.2. The molecule has 2 N–H and O–H groups in total. The number of aryl methyl sites for hydroxylation is 2. The summed E-state index contributed by atoms with van der Waals surface area (Å²) in [5.74, 6) is -0.872. The van der Waals surface area contributed by atoms with Gasteiger partial charge in [0.25, 0.3) is 10.0 Å². The second kappa shape index (κ2) is 6.08. The van der Waals surface area contributed by atoms with Gasteiger partial charge >= 0.3 is 0 Å². The van der Waals surface area contributed by atoms with Crippen LogP contribution in [0.5, 0.6) is 0 Å². The Hall–Kier alpha value is -1.51. The van der Waals surface area contributed by atoms with Crippen LogP contribution in [0, 0.1) is 12.7 Å². The Balaban J connectivity index is 2.37. The molecule has 21 heavy (non-hydrogen) atoms. The highest BCUT2D eigenvalue weighted by Crippen LogP contribution is 2.26. The molecule has 1 heterocycles. The highest BCUT2D eigenvalue weighted by atomic mass is 32.2. The van der Waals surface area contributed by atoms with Crippen molar-refractivity contribution < 1.29 is 17.9 Å². The van der Waals surface area contributed by atoms with Crippen molar-refractivity contribution >= 4 is 26.5 Å². The Labute approximate surface area is 126 Å². The van der Waals surface area contributed by atoms with Gasteiger partial charge in [-0.25, -0.2) is 17.8 Å². The van der Waals surface area contributed by atoms with Crippen molar-refractivity contribution in [1.82, 2.24) is 4.98 Å². The number of thiazole rings is 1. The van der Waals surface area contributed by atoms with Gasteiger partial charge < -0.3 is 5.11 Å². The molecule has 114 valence electrons. The maximum absolute atomic E-state index is 13.7. The van der Waals surface area contributed by atoms with Crippen LogP contribution in [0.2, 0.25) is 0 Å². The lowest BCUT2D eigenvalue weighted by Gasteiger charge is -2.07. The van der Waals surface area contributed by atoms with Gasteiger partial charge in [-0.2, -0.15) is 0 Å². The van der Waals surface area contributed by atoms with Gasteiger partial charge in [0.05, 0.1) is 12.3 Å². The zero-order valence-electron chi connectivity index (χ0n) is 11.6. The third-order valence-electron chi connectivity index (χ3n) is 2.92. The van der Waals surface area contributed by atoms with Crippen LogP contribution in [0.15, 0.2) is 23.1 Å². The molecule has 0 saturated heterocycles. The summed E-state index contributed by atoms with van der Waals surface area (Å²) in [5.41, 5.74) is 1.13. The third kappa shape index (κ3) is 3.39. The molecule has 0 unspecified atom stereocenters. The number of nitrogens with zero attached hydrogens (tertiary/aromatic N) is 1. The first-order valence-corrected chi connectivity index (χ1v) is 8.55. The second-order valence-electron chi connectivity index (χ2n) is 4.40. The summed E-state index contributed by atoms with van der Waals surface area (Å²) in [5, 5.41) is 9.24. The number of nitrogens with one attached hydrogen (secondary N) is 1. The fourth-order valence-electron chi connectivity index (χ4n) is 1.82. The van der Waals surface area contributed by atoms with E-state index in [1.807, 2.05) is 13.8 Å². The summed E-state index contributed by atoms with van der Waals surface area (Å²) in [6.07, 6.45) is 0.693. The molecular weight excluding hydrogens is 315 g/mol. The van der Waals surface area contributed by atoms with Crippen molar-refractivity contribution in [2.24, 2.45) is 0 Å². The molecule has 0 amide bonds. The number of sulfonamides is 1. The Bertz CT molecular complexity index is 757. The first-order chi connectivity index (χ1) is 9.87. The van der Waals surface area contributed by atoms with E-state index in [0.29, 0.717) is 12.0 Å². The van der Waals surface area contributed by atoms with Gasteiger partial charge in [0.15, 0.2) is 5.13 Å². The van der Waals surface area contributed by atoms with Crippen LogP contribution in [0.3, 0.4) is 0 Å². The fraction of sp³-hybridized carbons (Fsp3) is 0.308. The van der Waals surface area contributed by atoms with Gasteiger partial charge in [0, 0.05) is 4.88 Å². The van der Waals surface area contributed by atoms with Crippen LogP contribution in [0.25, 0.3) is 0 Å².